The van der Waals surface area contributed by atoms with Crippen molar-refractivity contribution in [3.05, 3.63) is 71.8 Å². The van der Waals surface area contributed by atoms with Crippen LogP contribution < -0.4 is 4.74 Å². The van der Waals surface area contributed by atoms with Crippen LogP contribution >= 0.6 is 0 Å². The van der Waals surface area contributed by atoms with Gasteiger partial charge in [-0.25, -0.2) is 4.39 Å². The number of aryl methyl sites for hydroxylation is 2. The summed E-state index contributed by atoms with van der Waals surface area (Å²) in [6.45, 7) is 2.81. The molecule has 3 nitrogen and oxygen atoms in total. The smallest absolute Gasteiger partial charge is 0.165 e. The number of aromatic nitrogens is 2. The molecule has 3 rings (SSSR count). The summed E-state index contributed by atoms with van der Waals surface area (Å²) in [5.74, 6) is -0.107. The van der Waals surface area contributed by atoms with E-state index in [9.17, 15) is 4.39 Å². The predicted molar refractivity (Wildman–Crippen MR) is 89.1 cm³/mol. The fourth-order valence-corrected chi connectivity index (χ4v) is 2.67. The van der Waals surface area contributed by atoms with Crippen LogP contribution in [-0.2, 0) is 13.0 Å². The van der Waals surface area contributed by atoms with Gasteiger partial charge in [0.15, 0.2) is 11.6 Å². The molecule has 0 fully saturated rings. The fourth-order valence-electron chi connectivity index (χ4n) is 2.67. The van der Waals surface area contributed by atoms with Crippen LogP contribution in [-0.4, -0.2) is 16.9 Å². The lowest BCUT2D eigenvalue weighted by Crippen LogP contribution is -2.05. The Hall–Kier alpha value is -2.62. The van der Waals surface area contributed by atoms with Crippen LogP contribution in [0.15, 0.2) is 54.7 Å². The van der Waals surface area contributed by atoms with Crippen LogP contribution in [0.5, 0.6) is 5.75 Å². The number of halogens is 1. The van der Waals surface area contributed by atoms with Crippen molar-refractivity contribution in [3.63, 3.8) is 0 Å². The van der Waals surface area contributed by atoms with Gasteiger partial charge < -0.3 is 4.74 Å². The Kier molecular flexibility index (Phi) is 4.42. The summed E-state index contributed by atoms with van der Waals surface area (Å²) in [6, 6.07) is 15.3. The Balaban J connectivity index is 1.80. The largest absolute Gasteiger partial charge is 0.494 e. The molecule has 0 unspecified atom stereocenters. The summed E-state index contributed by atoms with van der Waals surface area (Å²) >= 11 is 0. The van der Waals surface area contributed by atoms with Gasteiger partial charge in [0, 0.05) is 17.8 Å². The summed E-state index contributed by atoms with van der Waals surface area (Å²) in [6.07, 6.45) is 2.71. The molecule has 0 aliphatic heterocycles. The van der Waals surface area contributed by atoms with Gasteiger partial charge in [-0.2, -0.15) is 5.10 Å². The third kappa shape index (κ3) is 3.26. The van der Waals surface area contributed by atoms with Gasteiger partial charge in [0.1, 0.15) is 0 Å². The highest BCUT2D eigenvalue weighted by molar-refractivity contribution is 5.66. The predicted octanol–water partition coefficient (Wildman–Crippen LogP) is 4.25. The molecule has 4 heteroatoms. The third-order valence-corrected chi connectivity index (χ3v) is 4.02. The molecule has 118 valence electrons. The zero-order valence-electron chi connectivity index (χ0n) is 13.3. The average Bonchev–Trinajstić information content (AvgIpc) is 2.94. The maximum Gasteiger partial charge on any atom is 0.165 e. The van der Waals surface area contributed by atoms with Gasteiger partial charge in [0.2, 0.25) is 0 Å². The second-order valence-corrected chi connectivity index (χ2v) is 5.45. The molecular formula is C19H19FN2O. The topological polar surface area (TPSA) is 27.1 Å². The molecule has 0 radical (unpaired) electrons. The Labute approximate surface area is 135 Å². The third-order valence-electron chi connectivity index (χ3n) is 4.02. The minimum Gasteiger partial charge on any atom is -0.494 e. The van der Waals surface area contributed by atoms with Crippen molar-refractivity contribution in [2.75, 3.05) is 7.11 Å². The molecule has 1 aromatic heterocycles. The van der Waals surface area contributed by atoms with Gasteiger partial charge in [-0.3, -0.25) is 4.68 Å². The zero-order chi connectivity index (χ0) is 16.2. The lowest BCUT2D eigenvalue weighted by molar-refractivity contribution is 0.386. The van der Waals surface area contributed by atoms with E-state index >= 15 is 0 Å². The minimum atomic E-state index is -0.360. The van der Waals surface area contributed by atoms with E-state index in [0.717, 1.165) is 29.8 Å². The summed E-state index contributed by atoms with van der Waals surface area (Å²) in [5.41, 5.74) is 4.07. The van der Waals surface area contributed by atoms with Crippen LogP contribution in [0, 0.1) is 12.7 Å². The molecule has 0 saturated heterocycles. The first-order valence-corrected chi connectivity index (χ1v) is 7.59. The molecule has 1 heterocycles. The second kappa shape index (κ2) is 6.65. The summed E-state index contributed by atoms with van der Waals surface area (Å²) in [5, 5.41) is 4.44. The zero-order valence-corrected chi connectivity index (χ0v) is 13.3. The van der Waals surface area contributed by atoms with Crippen LogP contribution in [0.25, 0.3) is 11.1 Å². The summed E-state index contributed by atoms with van der Waals surface area (Å²) in [7, 11) is 1.46. The van der Waals surface area contributed by atoms with E-state index in [1.54, 1.807) is 12.3 Å². The molecular weight excluding hydrogens is 291 g/mol. The standard InChI is InChI=1S/C19H19FN2O/c1-14-17(16-8-9-19(23-2)18(20)12-16)13-21-22(14)11-10-15-6-4-3-5-7-15/h3-9,12-13H,10-11H2,1-2H3. The molecule has 3 aromatic rings. The van der Waals surface area contributed by atoms with Gasteiger partial charge in [0.25, 0.3) is 0 Å². The number of benzene rings is 2. The molecule has 0 aliphatic rings. The van der Waals surface area contributed by atoms with Crippen LogP contribution in [0.1, 0.15) is 11.3 Å². The number of hydrogen-bond donors (Lipinski definition) is 0. The summed E-state index contributed by atoms with van der Waals surface area (Å²) in [4.78, 5) is 0. The van der Waals surface area contributed by atoms with E-state index in [-0.39, 0.29) is 11.6 Å². The molecule has 0 bridgehead atoms. The van der Waals surface area contributed by atoms with Crippen molar-refractivity contribution >= 4 is 0 Å². The number of rotatable bonds is 5. The van der Waals surface area contributed by atoms with Crippen LogP contribution in [0.4, 0.5) is 4.39 Å². The van der Waals surface area contributed by atoms with E-state index in [1.165, 1.54) is 18.7 Å². The monoisotopic (exact) mass is 310 g/mol. The van der Waals surface area contributed by atoms with E-state index in [2.05, 4.69) is 17.2 Å². The SMILES string of the molecule is COc1ccc(-c2cnn(CCc3ccccc3)c2C)cc1F. The van der Waals surface area contributed by atoms with Crippen LogP contribution in [0.2, 0.25) is 0 Å². The lowest BCUT2D eigenvalue weighted by Gasteiger charge is -2.07. The van der Waals surface area contributed by atoms with Crippen molar-refractivity contribution in [2.24, 2.45) is 0 Å². The lowest BCUT2D eigenvalue weighted by atomic mass is 10.1. The maximum atomic E-state index is 13.9. The second-order valence-electron chi connectivity index (χ2n) is 5.45. The Morgan fingerprint density at radius 1 is 1.13 bits per heavy atom. The quantitative estimate of drug-likeness (QED) is 0.704. The molecule has 0 spiro atoms. The highest BCUT2D eigenvalue weighted by Gasteiger charge is 2.11. The van der Waals surface area contributed by atoms with Gasteiger partial charge in [-0.05, 0) is 36.6 Å². The highest BCUT2D eigenvalue weighted by atomic mass is 19.1. The van der Waals surface area contributed by atoms with Gasteiger partial charge in [-0.1, -0.05) is 36.4 Å². The Bertz CT molecular complexity index is 796. The van der Waals surface area contributed by atoms with Gasteiger partial charge >= 0.3 is 0 Å². The molecule has 0 aliphatic carbocycles. The molecule has 0 saturated carbocycles. The van der Waals surface area contributed by atoms with E-state index < -0.39 is 0 Å². The molecule has 0 atom stereocenters. The first-order valence-electron chi connectivity index (χ1n) is 7.59. The van der Waals surface area contributed by atoms with Crippen molar-refractivity contribution in [2.45, 2.75) is 19.9 Å². The van der Waals surface area contributed by atoms with Crippen LogP contribution in [0.3, 0.4) is 0 Å². The van der Waals surface area contributed by atoms with Crippen molar-refractivity contribution < 1.29 is 9.13 Å². The van der Waals surface area contributed by atoms with E-state index in [1.807, 2.05) is 35.9 Å². The van der Waals surface area contributed by atoms with Crippen molar-refractivity contribution in [3.8, 4) is 16.9 Å². The van der Waals surface area contributed by atoms with Crippen molar-refractivity contribution in [1.29, 1.82) is 0 Å². The number of hydrogen-bond acceptors (Lipinski definition) is 2. The molecule has 0 N–H and O–H groups in total. The molecule has 0 amide bonds. The van der Waals surface area contributed by atoms with E-state index in [0.29, 0.717) is 0 Å². The molecule has 23 heavy (non-hydrogen) atoms. The Morgan fingerprint density at radius 3 is 2.61 bits per heavy atom. The number of methoxy groups -OCH3 is 1. The normalized spacial score (nSPS) is 10.7. The minimum absolute atomic E-state index is 0.253. The van der Waals surface area contributed by atoms with Gasteiger partial charge in [0.05, 0.1) is 13.3 Å². The molecule has 2 aromatic carbocycles. The Morgan fingerprint density at radius 2 is 1.91 bits per heavy atom. The average molecular weight is 310 g/mol. The number of nitrogens with zero attached hydrogens (tertiary/aromatic N) is 2. The first-order chi connectivity index (χ1) is 11.2. The van der Waals surface area contributed by atoms with E-state index in [4.69, 9.17) is 4.74 Å². The maximum absolute atomic E-state index is 13.9. The highest BCUT2D eigenvalue weighted by Crippen LogP contribution is 2.27. The first kappa shape index (κ1) is 15.3. The summed E-state index contributed by atoms with van der Waals surface area (Å²) < 4.78 is 20.8. The fraction of sp³-hybridized carbons (Fsp3) is 0.211. The number of ether oxygens (including phenoxy) is 1. The van der Waals surface area contributed by atoms with Gasteiger partial charge in [-0.15, -0.1) is 0 Å². The van der Waals surface area contributed by atoms with Crippen molar-refractivity contribution in [1.82, 2.24) is 9.78 Å².